The first-order valence-electron chi connectivity index (χ1n) is 6.44. The molecule has 1 aliphatic rings. The van der Waals surface area contributed by atoms with Crippen LogP contribution in [0.2, 0.25) is 0 Å². The average Bonchev–Trinajstić information content (AvgIpc) is 2.76. The summed E-state index contributed by atoms with van der Waals surface area (Å²) in [4.78, 5) is 0. The monoisotopic (exact) mass is 214 g/mol. The van der Waals surface area contributed by atoms with Crippen molar-refractivity contribution in [2.75, 3.05) is 6.61 Å². The van der Waals surface area contributed by atoms with E-state index in [0.29, 0.717) is 12.1 Å². The summed E-state index contributed by atoms with van der Waals surface area (Å²) in [5.74, 6) is 5.55. The largest absolute Gasteiger partial charge is 0.378 e. The standard InChI is InChI=1S/C12H26N2O/c1-2-3-4-6-11(14-13)8-9-12-7-5-10-15-12/h11-12,14H,2-10,13H2,1H3. The summed E-state index contributed by atoms with van der Waals surface area (Å²) in [6.45, 7) is 3.19. The Bertz CT molecular complexity index is 147. The van der Waals surface area contributed by atoms with Gasteiger partial charge in [-0.1, -0.05) is 26.2 Å². The Morgan fingerprint density at radius 1 is 1.40 bits per heavy atom. The quantitative estimate of drug-likeness (QED) is 0.370. The molecule has 0 aromatic heterocycles. The van der Waals surface area contributed by atoms with Gasteiger partial charge in [-0.15, -0.1) is 0 Å². The third kappa shape index (κ3) is 5.50. The Labute approximate surface area is 93.7 Å². The van der Waals surface area contributed by atoms with Crippen LogP contribution in [0, 0.1) is 0 Å². The zero-order valence-electron chi connectivity index (χ0n) is 10.0. The third-order valence-corrected chi connectivity index (χ3v) is 3.25. The molecule has 0 amide bonds. The third-order valence-electron chi connectivity index (χ3n) is 3.25. The fourth-order valence-electron chi connectivity index (χ4n) is 2.21. The summed E-state index contributed by atoms with van der Waals surface area (Å²) in [6, 6.07) is 0.487. The lowest BCUT2D eigenvalue weighted by molar-refractivity contribution is 0.0992. The van der Waals surface area contributed by atoms with Crippen molar-refractivity contribution in [2.24, 2.45) is 5.84 Å². The molecule has 2 atom stereocenters. The molecular weight excluding hydrogens is 188 g/mol. The number of unbranched alkanes of at least 4 members (excludes halogenated alkanes) is 2. The van der Waals surface area contributed by atoms with E-state index in [2.05, 4.69) is 12.3 Å². The molecule has 90 valence electrons. The van der Waals surface area contributed by atoms with E-state index in [1.807, 2.05) is 0 Å². The second kappa shape index (κ2) is 8.08. The molecule has 1 rings (SSSR count). The van der Waals surface area contributed by atoms with Crippen molar-refractivity contribution in [3.63, 3.8) is 0 Å². The van der Waals surface area contributed by atoms with Crippen LogP contribution in [-0.2, 0) is 4.74 Å². The van der Waals surface area contributed by atoms with Crippen molar-refractivity contribution in [1.82, 2.24) is 5.43 Å². The Hall–Kier alpha value is -0.120. The van der Waals surface area contributed by atoms with Crippen LogP contribution in [0.3, 0.4) is 0 Å². The number of nitrogens with one attached hydrogen (secondary N) is 1. The van der Waals surface area contributed by atoms with Crippen LogP contribution in [0.4, 0.5) is 0 Å². The molecule has 0 saturated carbocycles. The van der Waals surface area contributed by atoms with Crippen molar-refractivity contribution in [2.45, 2.75) is 70.4 Å². The molecule has 1 heterocycles. The number of hydrogen-bond donors (Lipinski definition) is 2. The molecule has 0 aromatic carbocycles. The molecule has 3 nitrogen and oxygen atoms in total. The van der Waals surface area contributed by atoms with Gasteiger partial charge in [-0.3, -0.25) is 11.3 Å². The summed E-state index contributed by atoms with van der Waals surface area (Å²) < 4.78 is 5.60. The number of hydrogen-bond acceptors (Lipinski definition) is 3. The summed E-state index contributed by atoms with van der Waals surface area (Å²) >= 11 is 0. The van der Waals surface area contributed by atoms with E-state index in [1.54, 1.807) is 0 Å². The minimum absolute atomic E-state index is 0.487. The predicted molar refractivity (Wildman–Crippen MR) is 63.5 cm³/mol. The SMILES string of the molecule is CCCCCC(CCC1CCCO1)NN. The molecule has 0 aromatic rings. The molecule has 2 unspecified atom stereocenters. The Morgan fingerprint density at radius 2 is 2.27 bits per heavy atom. The number of hydrazine groups is 1. The second-order valence-electron chi connectivity index (χ2n) is 4.57. The summed E-state index contributed by atoms with van der Waals surface area (Å²) in [5, 5.41) is 0. The maximum atomic E-state index is 5.60. The fourth-order valence-corrected chi connectivity index (χ4v) is 2.21. The minimum atomic E-state index is 0.487. The molecular formula is C12H26N2O. The Balaban J connectivity index is 2.04. The zero-order chi connectivity index (χ0) is 10.9. The van der Waals surface area contributed by atoms with Crippen molar-refractivity contribution in [3.05, 3.63) is 0 Å². The highest BCUT2D eigenvalue weighted by molar-refractivity contribution is 4.70. The van der Waals surface area contributed by atoms with E-state index in [4.69, 9.17) is 10.6 Å². The van der Waals surface area contributed by atoms with Gasteiger partial charge in [0.25, 0.3) is 0 Å². The van der Waals surface area contributed by atoms with Gasteiger partial charge in [0.15, 0.2) is 0 Å². The van der Waals surface area contributed by atoms with Crippen LogP contribution >= 0.6 is 0 Å². The summed E-state index contributed by atoms with van der Waals surface area (Å²) in [7, 11) is 0. The minimum Gasteiger partial charge on any atom is -0.378 e. The lowest BCUT2D eigenvalue weighted by Crippen LogP contribution is -2.35. The fraction of sp³-hybridized carbons (Fsp3) is 1.00. The van der Waals surface area contributed by atoms with E-state index in [0.717, 1.165) is 13.0 Å². The highest BCUT2D eigenvalue weighted by Gasteiger charge is 2.17. The van der Waals surface area contributed by atoms with E-state index in [1.165, 1.54) is 44.9 Å². The average molecular weight is 214 g/mol. The maximum absolute atomic E-state index is 5.60. The van der Waals surface area contributed by atoms with Gasteiger partial charge in [-0.25, -0.2) is 0 Å². The second-order valence-corrected chi connectivity index (χ2v) is 4.57. The van der Waals surface area contributed by atoms with Gasteiger partial charge in [-0.2, -0.15) is 0 Å². The van der Waals surface area contributed by atoms with Crippen LogP contribution in [0.1, 0.15) is 58.3 Å². The van der Waals surface area contributed by atoms with E-state index in [9.17, 15) is 0 Å². The molecule has 0 bridgehead atoms. The zero-order valence-corrected chi connectivity index (χ0v) is 10.0. The molecule has 15 heavy (non-hydrogen) atoms. The van der Waals surface area contributed by atoms with Gasteiger partial charge >= 0.3 is 0 Å². The first kappa shape index (κ1) is 12.9. The molecule has 3 N–H and O–H groups in total. The van der Waals surface area contributed by atoms with Gasteiger partial charge in [-0.05, 0) is 32.1 Å². The number of rotatable bonds is 8. The van der Waals surface area contributed by atoms with Crippen LogP contribution in [-0.4, -0.2) is 18.8 Å². The van der Waals surface area contributed by atoms with Crippen LogP contribution in [0.5, 0.6) is 0 Å². The van der Waals surface area contributed by atoms with Crippen molar-refractivity contribution >= 4 is 0 Å². The number of nitrogens with two attached hydrogens (primary N) is 1. The number of ether oxygens (including phenoxy) is 1. The highest BCUT2D eigenvalue weighted by atomic mass is 16.5. The van der Waals surface area contributed by atoms with Crippen LogP contribution in [0.15, 0.2) is 0 Å². The predicted octanol–water partition coefficient (Wildman–Crippen LogP) is 2.36. The molecule has 0 spiro atoms. The maximum Gasteiger partial charge on any atom is 0.0576 e. The van der Waals surface area contributed by atoms with Gasteiger partial charge in [0, 0.05) is 12.6 Å². The molecule has 0 radical (unpaired) electrons. The molecule has 1 aliphatic heterocycles. The van der Waals surface area contributed by atoms with E-state index in [-0.39, 0.29) is 0 Å². The van der Waals surface area contributed by atoms with E-state index >= 15 is 0 Å². The molecule has 1 saturated heterocycles. The Kier molecular flexibility index (Phi) is 6.98. The highest BCUT2D eigenvalue weighted by Crippen LogP contribution is 2.18. The van der Waals surface area contributed by atoms with Gasteiger partial charge in [0.1, 0.15) is 0 Å². The van der Waals surface area contributed by atoms with Crippen LogP contribution in [0.25, 0.3) is 0 Å². The first-order chi connectivity index (χ1) is 7.36. The summed E-state index contributed by atoms with van der Waals surface area (Å²) in [6.07, 6.45) is 10.4. The topological polar surface area (TPSA) is 47.3 Å². The lowest BCUT2D eigenvalue weighted by Gasteiger charge is -2.17. The first-order valence-corrected chi connectivity index (χ1v) is 6.44. The van der Waals surface area contributed by atoms with Crippen molar-refractivity contribution < 1.29 is 4.74 Å². The van der Waals surface area contributed by atoms with Crippen LogP contribution < -0.4 is 11.3 Å². The van der Waals surface area contributed by atoms with Gasteiger partial charge < -0.3 is 4.74 Å². The Morgan fingerprint density at radius 3 is 2.87 bits per heavy atom. The van der Waals surface area contributed by atoms with Crippen molar-refractivity contribution in [1.29, 1.82) is 0 Å². The summed E-state index contributed by atoms with van der Waals surface area (Å²) in [5.41, 5.74) is 2.93. The van der Waals surface area contributed by atoms with Gasteiger partial charge in [0.2, 0.25) is 0 Å². The molecule has 0 aliphatic carbocycles. The van der Waals surface area contributed by atoms with Gasteiger partial charge in [0.05, 0.1) is 6.10 Å². The molecule has 3 heteroatoms. The normalized spacial score (nSPS) is 23.2. The molecule has 1 fully saturated rings. The van der Waals surface area contributed by atoms with Crippen molar-refractivity contribution in [3.8, 4) is 0 Å². The van der Waals surface area contributed by atoms with E-state index < -0.39 is 0 Å². The smallest absolute Gasteiger partial charge is 0.0576 e. The lowest BCUT2D eigenvalue weighted by atomic mass is 10.0.